The molecule has 0 aliphatic heterocycles. The number of nitrogens with zero attached hydrogens (tertiary/aromatic N) is 3. The Labute approximate surface area is 190 Å². The van der Waals surface area contributed by atoms with Crippen molar-refractivity contribution in [2.24, 2.45) is 0 Å². The van der Waals surface area contributed by atoms with Crippen molar-refractivity contribution in [2.45, 2.75) is 65.1 Å². The fourth-order valence-electron chi connectivity index (χ4n) is 4.83. The Bertz CT molecular complexity index is 1290. The first-order chi connectivity index (χ1) is 15.3. The molecule has 4 heterocycles. The van der Waals surface area contributed by atoms with Crippen LogP contribution in [-0.2, 0) is 6.54 Å². The van der Waals surface area contributed by atoms with Crippen LogP contribution < -0.4 is 0 Å². The smallest absolute Gasteiger partial charge is 0.169 e. The van der Waals surface area contributed by atoms with E-state index in [1.54, 1.807) is 6.92 Å². The van der Waals surface area contributed by atoms with Gasteiger partial charge in [0.25, 0.3) is 0 Å². The van der Waals surface area contributed by atoms with Crippen LogP contribution in [0.3, 0.4) is 0 Å². The number of thiophene rings is 1. The number of hydrogen-bond donors (Lipinski definition) is 0. The number of pyridine rings is 1. The molecule has 1 aliphatic carbocycles. The summed E-state index contributed by atoms with van der Waals surface area (Å²) in [6.45, 7) is 5.68. The van der Waals surface area contributed by atoms with Crippen LogP contribution in [0.5, 0.6) is 0 Å². The van der Waals surface area contributed by atoms with Gasteiger partial charge in [-0.25, -0.2) is 4.39 Å². The Morgan fingerprint density at radius 1 is 1.25 bits per heavy atom. The topological polar surface area (TPSA) is 60.9 Å². The number of aromatic nitrogens is 3. The number of alkyl halides is 1. The lowest BCUT2D eigenvalue weighted by molar-refractivity contribution is 0.0873. The van der Waals surface area contributed by atoms with E-state index in [4.69, 9.17) is 9.51 Å². The van der Waals surface area contributed by atoms with Crippen LogP contribution in [0.2, 0.25) is 0 Å². The summed E-state index contributed by atoms with van der Waals surface area (Å²) in [6, 6.07) is 5.86. The molecule has 5 rings (SSSR count). The maximum absolute atomic E-state index is 15.7. The summed E-state index contributed by atoms with van der Waals surface area (Å²) in [5.41, 5.74) is 4.07. The third-order valence-corrected chi connectivity index (χ3v) is 7.68. The van der Waals surface area contributed by atoms with E-state index in [1.807, 2.05) is 42.9 Å². The van der Waals surface area contributed by atoms with Gasteiger partial charge in [-0.2, -0.15) is 0 Å². The van der Waals surface area contributed by atoms with E-state index < -0.39 is 5.67 Å². The normalized spacial score (nSPS) is 16.0. The van der Waals surface area contributed by atoms with Crippen LogP contribution >= 0.6 is 11.3 Å². The molecule has 0 N–H and O–H groups in total. The molecule has 0 saturated heterocycles. The molecule has 0 atom stereocenters. The highest BCUT2D eigenvalue weighted by molar-refractivity contribution is 7.17. The first-order valence-corrected chi connectivity index (χ1v) is 11.9. The van der Waals surface area contributed by atoms with Gasteiger partial charge in [0.2, 0.25) is 0 Å². The summed E-state index contributed by atoms with van der Waals surface area (Å²) < 4.78 is 23.1. The summed E-state index contributed by atoms with van der Waals surface area (Å²) >= 11 is 1.45. The third kappa shape index (κ3) is 3.68. The van der Waals surface area contributed by atoms with Crippen molar-refractivity contribution in [3.8, 4) is 21.6 Å². The molecule has 4 aromatic heterocycles. The van der Waals surface area contributed by atoms with Crippen molar-refractivity contribution < 1.29 is 13.7 Å². The number of carbonyl (C=O) groups excluding carboxylic acids is 1. The first kappa shape index (κ1) is 21.1. The number of fused-ring (bicyclic) bond motifs is 1. The number of hydrogen-bond acceptors (Lipinski definition) is 5. The van der Waals surface area contributed by atoms with Crippen molar-refractivity contribution >= 4 is 28.2 Å². The van der Waals surface area contributed by atoms with E-state index >= 15 is 4.39 Å². The van der Waals surface area contributed by atoms with Gasteiger partial charge in [-0.1, -0.05) is 24.4 Å². The minimum atomic E-state index is -1.21. The highest BCUT2D eigenvalue weighted by Gasteiger charge is 2.33. The van der Waals surface area contributed by atoms with Crippen LogP contribution in [0.1, 0.15) is 60.2 Å². The van der Waals surface area contributed by atoms with Gasteiger partial charge in [-0.05, 0) is 51.8 Å². The molecule has 1 aliphatic rings. The fourth-order valence-corrected chi connectivity index (χ4v) is 5.74. The lowest BCUT2D eigenvalue weighted by Crippen LogP contribution is -2.31. The second kappa shape index (κ2) is 7.96. The molecule has 0 amide bonds. The van der Waals surface area contributed by atoms with Gasteiger partial charge in [-0.15, -0.1) is 11.3 Å². The summed E-state index contributed by atoms with van der Waals surface area (Å²) in [7, 11) is 0. The zero-order valence-electron chi connectivity index (χ0n) is 18.6. The Morgan fingerprint density at radius 2 is 2.03 bits per heavy atom. The van der Waals surface area contributed by atoms with Crippen LogP contribution in [0.4, 0.5) is 4.39 Å². The van der Waals surface area contributed by atoms with Gasteiger partial charge in [0.1, 0.15) is 11.4 Å². The number of aryl methyl sites for hydroxylation is 2. The average molecular weight is 452 g/mol. The largest absolute Gasteiger partial charge is 0.361 e. The fraction of sp³-hybridized carbons (Fsp3) is 0.400. The molecule has 0 bridgehead atoms. The van der Waals surface area contributed by atoms with Crippen LogP contribution in [0.25, 0.3) is 32.6 Å². The monoisotopic (exact) mass is 451 g/mol. The third-order valence-electron chi connectivity index (χ3n) is 6.46. The number of halogens is 1. The van der Waals surface area contributed by atoms with Gasteiger partial charge >= 0.3 is 0 Å². The van der Waals surface area contributed by atoms with Gasteiger partial charge in [0.05, 0.1) is 28.1 Å². The molecule has 1 fully saturated rings. The lowest BCUT2D eigenvalue weighted by atomic mass is 9.86. The second-order valence-electron chi connectivity index (χ2n) is 8.89. The maximum atomic E-state index is 15.7. The molecule has 0 spiro atoms. The summed E-state index contributed by atoms with van der Waals surface area (Å²) in [5, 5.41) is 4.07. The predicted molar refractivity (Wildman–Crippen MR) is 125 cm³/mol. The van der Waals surface area contributed by atoms with Crippen molar-refractivity contribution in [2.75, 3.05) is 0 Å². The molecule has 0 aromatic carbocycles. The number of carbonyl (C=O) groups is 1. The Kier molecular flexibility index (Phi) is 5.24. The summed E-state index contributed by atoms with van der Waals surface area (Å²) in [5.74, 6) is 0.782. The molecular weight excluding hydrogens is 425 g/mol. The molecule has 166 valence electrons. The molecular formula is C25H26FN3O2S. The quantitative estimate of drug-likeness (QED) is 0.309. The van der Waals surface area contributed by atoms with Gasteiger partial charge in [0.15, 0.2) is 5.78 Å². The van der Waals surface area contributed by atoms with Crippen molar-refractivity contribution in [1.82, 2.24) is 14.7 Å². The van der Waals surface area contributed by atoms with E-state index in [0.29, 0.717) is 24.3 Å². The van der Waals surface area contributed by atoms with Crippen molar-refractivity contribution in [3.63, 3.8) is 0 Å². The predicted octanol–water partition coefficient (Wildman–Crippen LogP) is 6.91. The zero-order chi connectivity index (χ0) is 22.5. The molecule has 0 unspecified atom stereocenters. The van der Waals surface area contributed by atoms with Gasteiger partial charge in [-0.3, -0.25) is 9.78 Å². The van der Waals surface area contributed by atoms with Gasteiger partial charge in [0, 0.05) is 34.0 Å². The second-order valence-corrected chi connectivity index (χ2v) is 9.98. The zero-order valence-corrected chi connectivity index (χ0v) is 19.4. The number of rotatable bonds is 5. The SMILES string of the molecule is CC(=O)c1ccc(-c2cn(CC3(F)CCCCC3)c3cc(-c4c(C)noc4C)cnc23)s1. The molecule has 7 heteroatoms. The Balaban J connectivity index is 1.66. The minimum absolute atomic E-state index is 0.0450. The van der Waals surface area contributed by atoms with E-state index in [2.05, 4.69) is 11.2 Å². The first-order valence-electron chi connectivity index (χ1n) is 11.1. The number of ketones is 1. The van der Waals surface area contributed by atoms with Gasteiger partial charge < -0.3 is 9.09 Å². The summed E-state index contributed by atoms with van der Waals surface area (Å²) in [6.07, 6.45) is 7.97. The van der Waals surface area contributed by atoms with E-state index in [-0.39, 0.29) is 5.78 Å². The highest BCUT2D eigenvalue weighted by Crippen LogP contribution is 2.39. The minimum Gasteiger partial charge on any atom is -0.361 e. The van der Waals surface area contributed by atoms with E-state index in [1.165, 1.54) is 11.3 Å². The molecule has 4 aromatic rings. The number of Topliss-reactive ketones (excluding diaryl/α,β-unsaturated/α-hetero) is 1. The Hall–Kier alpha value is -2.80. The standard InChI is InChI=1S/C25H26FN3O2S/c1-15-23(17(3)31-28-15)18-11-20-24(27-12-18)19(22-8-7-21(32-22)16(2)30)13-29(20)14-25(26)9-5-4-6-10-25/h7-8,11-13H,4-6,9-10,14H2,1-3H3. The molecule has 5 nitrogen and oxygen atoms in total. The Morgan fingerprint density at radius 3 is 2.69 bits per heavy atom. The lowest BCUT2D eigenvalue weighted by Gasteiger charge is -2.30. The average Bonchev–Trinajstić information content (AvgIpc) is 3.46. The van der Waals surface area contributed by atoms with Crippen molar-refractivity contribution in [3.05, 3.63) is 46.9 Å². The van der Waals surface area contributed by atoms with E-state index in [0.717, 1.165) is 63.3 Å². The summed E-state index contributed by atoms with van der Waals surface area (Å²) in [4.78, 5) is 18.3. The molecule has 32 heavy (non-hydrogen) atoms. The molecule has 0 radical (unpaired) electrons. The molecule has 1 saturated carbocycles. The van der Waals surface area contributed by atoms with Crippen LogP contribution in [0, 0.1) is 13.8 Å². The van der Waals surface area contributed by atoms with Crippen LogP contribution in [0.15, 0.2) is 35.1 Å². The highest BCUT2D eigenvalue weighted by atomic mass is 32.1. The maximum Gasteiger partial charge on any atom is 0.169 e. The van der Waals surface area contributed by atoms with E-state index in [9.17, 15) is 4.79 Å². The van der Waals surface area contributed by atoms with Crippen LogP contribution in [-0.4, -0.2) is 26.2 Å². The van der Waals surface area contributed by atoms with Crippen molar-refractivity contribution in [1.29, 1.82) is 0 Å².